The number of hydrogen-bond acceptors (Lipinski definition) is 1. The van der Waals surface area contributed by atoms with Crippen LogP contribution in [0.5, 0.6) is 0 Å². The maximum absolute atomic E-state index is 8.75. The molecule has 0 bridgehead atoms. The van der Waals surface area contributed by atoms with E-state index in [-0.39, 0.29) is 6.61 Å². The standard InChI is InChI=1S/C9H11BrO/c1-7-3-2-4-9(10)8(7)5-6-11/h2-4,11H,5-6H2,1H3. The summed E-state index contributed by atoms with van der Waals surface area (Å²) in [7, 11) is 0. The van der Waals surface area contributed by atoms with Crippen LogP contribution < -0.4 is 0 Å². The Morgan fingerprint density at radius 3 is 2.73 bits per heavy atom. The normalized spacial score (nSPS) is 10.1. The summed E-state index contributed by atoms with van der Waals surface area (Å²) in [6.07, 6.45) is 0.729. The van der Waals surface area contributed by atoms with Gasteiger partial charge in [0.05, 0.1) is 0 Å². The van der Waals surface area contributed by atoms with E-state index in [4.69, 9.17) is 5.11 Å². The molecule has 0 spiro atoms. The second-order valence-electron chi connectivity index (χ2n) is 2.51. The first-order chi connectivity index (χ1) is 5.25. The SMILES string of the molecule is Cc1cccc(Br)c1CCO. The molecule has 2 heteroatoms. The predicted molar refractivity (Wildman–Crippen MR) is 49.7 cm³/mol. The van der Waals surface area contributed by atoms with Crippen LogP contribution in [-0.4, -0.2) is 11.7 Å². The quantitative estimate of drug-likeness (QED) is 0.802. The number of aliphatic hydroxyl groups is 1. The maximum Gasteiger partial charge on any atom is 0.0471 e. The maximum atomic E-state index is 8.75. The van der Waals surface area contributed by atoms with E-state index >= 15 is 0 Å². The summed E-state index contributed by atoms with van der Waals surface area (Å²) >= 11 is 3.44. The van der Waals surface area contributed by atoms with Gasteiger partial charge in [-0.1, -0.05) is 28.1 Å². The van der Waals surface area contributed by atoms with Crippen LogP contribution in [0.3, 0.4) is 0 Å². The molecule has 11 heavy (non-hydrogen) atoms. The van der Waals surface area contributed by atoms with Crippen LogP contribution in [0.4, 0.5) is 0 Å². The van der Waals surface area contributed by atoms with Gasteiger partial charge < -0.3 is 5.11 Å². The molecule has 0 aliphatic carbocycles. The lowest BCUT2D eigenvalue weighted by Gasteiger charge is -2.05. The highest BCUT2D eigenvalue weighted by Crippen LogP contribution is 2.19. The number of halogens is 1. The second kappa shape index (κ2) is 3.88. The van der Waals surface area contributed by atoms with Crippen LogP contribution in [0.2, 0.25) is 0 Å². The van der Waals surface area contributed by atoms with Crippen LogP contribution in [0, 0.1) is 6.92 Å². The van der Waals surface area contributed by atoms with Gasteiger partial charge in [-0.2, -0.15) is 0 Å². The number of hydrogen-bond donors (Lipinski definition) is 1. The molecular weight excluding hydrogens is 204 g/mol. The highest BCUT2D eigenvalue weighted by Gasteiger charge is 2.00. The summed E-state index contributed by atoms with van der Waals surface area (Å²) in [6.45, 7) is 2.26. The molecule has 0 amide bonds. The fourth-order valence-corrected chi connectivity index (χ4v) is 1.76. The van der Waals surface area contributed by atoms with Crippen molar-refractivity contribution in [3.05, 3.63) is 33.8 Å². The van der Waals surface area contributed by atoms with Crippen molar-refractivity contribution in [2.24, 2.45) is 0 Å². The van der Waals surface area contributed by atoms with Crippen molar-refractivity contribution < 1.29 is 5.11 Å². The lowest BCUT2D eigenvalue weighted by atomic mass is 10.1. The van der Waals surface area contributed by atoms with E-state index in [0.717, 1.165) is 10.9 Å². The van der Waals surface area contributed by atoms with Gasteiger partial charge in [0.1, 0.15) is 0 Å². The van der Waals surface area contributed by atoms with Gasteiger partial charge in [-0.25, -0.2) is 0 Å². The zero-order valence-corrected chi connectivity index (χ0v) is 8.06. The van der Waals surface area contributed by atoms with Crippen LogP contribution in [-0.2, 0) is 6.42 Å². The molecule has 1 aromatic rings. The summed E-state index contributed by atoms with van der Waals surface area (Å²) in [5.74, 6) is 0. The Kier molecular flexibility index (Phi) is 3.09. The summed E-state index contributed by atoms with van der Waals surface area (Å²) in [4.78, 5) is 0. The fraction of sp³-hybridized carbons (Fsp3) is 0.333. The molecule has 0 atom stereocenters. The zero-order valence-electron chi connectivity index (χ0n) is 6.47. The Bertz CT molecular complexity index is 225. The van der Waals surface area contributed by atoms with Crippen LogP contribution in [0.15, 0.2) is 22.7 Å². The molecule has 1 N–H and O–H groups in total. The summed E-state index contributed by atoms with van der Waals surface area (Å²) in [5, 5.41) is 8.75. The first-order valence-electron chi connectivity index (χ1n) is 3.60. The predicted octanol–water partition coefficient (Wildman–Crippen LogP) is 2.29. The Morgan fingerprint density at radius 2 is 2.18 bits per heavy atom. The van der Waals surface area contributed by atoms with E-state index in [1.807, 2.05) is 12.1 Å². The Hall–Kier alpha value is -0.340. The van der Waals surface area contributed by atoms with E-state index in [0.29, 0.717) is 0 Å². The minimum Gasteiger partial charge on any atom is -0.396 e. The Morgan fingerprint density at radius 1 is 1.45 bits per heavy atom. The lowest BCUT2D eigenvalue weighted by molar-refractivity contribution is 0.299. The van der Waals surface area contributed by atoms with Crippen molar-refractivity contribution in [3.63, 3.8) is 0 Å². The highest BCUT2D eigenvalue weighted by atomic mass is 79.9. The van der Waals surface area contributed by atoms with Crippen molar-refractivity contribution in [1.29, 1.82) is 0 Å². The lowest BCUT2D eigenvalue weighted by Crippen LogP contribution is -1.94. The number of aryl methyl sites for hydroxylation is 1. The first-order valence-corrected chi connectivity index (χ1v) is 4.40. The van der Waals surface area contributed by atoms with Crippen LogP contribution >= 0.6 is 15.9 Å². The molecule has 0 radical (unpaired) electrons. The average molecular weight is 215 g/mol. The van der Waals surface area contributed by atoms with Crippen LogP contribution in [0.1, 0.15) is 11.1 Å². The first kappa shape index (κ1) is 8.75. The highest BCUT2D eigenvalue weighted by molar-refractivity contribution is 9.10. The summed E-state index contributed by atoms with van der Waals surface area (Å²) in [5.41, 5.74) is 2.43. The number of benzene rings is 1. The van der Waals surface area contributed by atoms with Crippen molar-refractivity contribution in [3.8, 4) is 0 Å². The number of rotatable bonds is 2. The van der Waals surface area contributed by atoms with E-state index in [1.54, 1.807) is 0 Å². The molecule has 0 aromatic heterocycles. The van der Waals surface area contributed by atoms with Crippen molar-refractivity contribution in [1.82, 2.24) is 0 Å². The molecule has 0 saturated carbocycles. The third-order valence-electron chi connectivity index (χ3n) is 1.71. The van der Waals surface area contributed by atoms with Gasteiger partial charge in [0.2, 0.25) is 0 Å². The largest absolute Gasteiger partial charge is 0.396 e. The third-order valence-corrected chi connectivity index (χ3v) is 2.46. The molecule has 0 aliphatic rings. The van der Waals surface area contributed by atoms with E-state index < -0.39 is 0 Å². The molecule has 0 heterocycles. The minimum absolute atomic E-state index is 0.212. The second-order valence-corrected chi connectivity index (χ2v) is 3.36. The van der Waals surface area contributed by atoms with Gasteiger partial charge in [0, 0.05) is 11.1 Å². The fourth-order valence-electron chi connectivity index (χ4n) is 1.09. The van der Waals surface area contributed by atoms with E-state index in [1.165, 1.54) is 11.1 Å². The summed E-state index contributed by atoms with van der Waals surface area (Å²) < 4.78 is 1.09. The Labute approximate surface area is 75.2 Å². The molecule has 1 nitrogen and oxygen atoms in total. The Balaban J connectivity index is 3.00. The van der Waals surface area contributed by atoms with Crippen molar-refractivity contribution >= 4 is 15.9 Å². The van der Waals surface area contributed by atoms with Crippen LogP contribution in [0.25, 0.3) is 0 Å². The van der Waals surface area contributed by atoms with Crippen molar-refractivity contribution in [2.75, 3.05) is 6.61 Å². The molecule has 0 unspecified atom stereocenters. The minimum atomic E-state index is 0.212. The van der Waals surface area contributed by atoms with Gasteiger partial charge in [-0.15, -0.1) is 0 Å². The van der Waals surface area contributed by atoms with E-state index in [2.05, 4.69) is 28.9 Å². The molecule has 0 aliphatic heterocycles. The molecule has 60 valence electrons. The van der Waals surface area contributed by atoms with Gasteiger partial charge in [-0.05, 0) is 30.5 Å². The van der Waals surface area contributed by atoms with Gasteiger partial charge in [0.15, 0.2) is 0 Å². The van der Waals surface area contributed by atoms with Gasteiger partial charge in [0.25, 0.3) is 0 Å². The monoisotopic (exact) mass is 214 g/mol. The van der Waals surface area contributed by atoms with Gasteiger partial charge in [-0.3, -0.25) is 0 Å². The smallest absolute Gasteiger partial charge is 0.0471 e. The third kappa shape index (κ3) is 2.04. The summed E-state index contributed by atoms with van der Waals surface area (Å²) in [6, 6.07) is 6.05. The number of aliphatic hydroxyl groups excluding tert-OH is 1. The zero-order chi connectivity index (χ0) is 8.27. The van der Waals surface area contributed by atoms with E-state index in [9.17, 15) is 0 Å². The molecule has 0 saturated heterocycles. The molecule has 1 rings (SSSR count). The topological polar surface area (TPSA) is 20.2 Å². The van der Waals surface area contributed by atoms with Crippen molar-refractivity contribution in [2.45, 2.75) is 13.3 Å². The average Bonchev–Trinajstić information content (AvgIpc) is 1.97. The molecular formula is C9H11BrO. The molecule has 1 aromatic carbocycles. The molecule has 0 fully saturated rings. The van der Waals surface area contributed by atoms with Gasteiger partial charge >= 0.3 is 0 Å².